The highest BCUT2D eigenvalue weighted by molar-refractivity contribution is 7.90. The molecule has 172 valence electrons. The normalized spacial score (nSPS) is 27.6. The second-order valence-electron chi connectivity index (χ2n) is 9.03. The van der Waals surface area contributed by atoms with Crippen LogP contribution < -0.4 is 4.74 Å². The maximum atomic E-state index is 13.3. The van der Waals surface area contributed by atoms with Gasteiger partial charge in [-0.05, 0) is 68.0 Å². The molecule has 0 radical (unpaired) electrons. The van der Waals surface area contributed by atoms with Crippen LogP contribution >= 0.6 is 0 Å². The third kappa shape index (κ3) is 3.57. The van der Waals surface area contributed by atoms with E-state index in [0.29, 0.717) is 31.5 Å². The minimum atomic E-state index is -3.90. The molecule has 0 aromatic heterocycles. The van der Waals surface area contributed by atoms with E-state index < -0.39 is 15.6 Å². The van der Waals surface area contributed by atoms with E-state index in [4.69, 9.17) is 4.74 Å². The quantitative estimate of drug-likeness (QED) is 0.731. The number of aryl methyl sites for hydroxylation is 1. The first-order chi connectivity index (χ1) is 15.7. The Hall–Kier alpha value is -2.97. The standard InChI is InChI=1S/C25H26N2O5S/c1-16-3-10-21(11-4-16)33(30,31)26-19-13-18-7-12-23-25(18,29)22(14-19)24(28)27(23)15-17-5-8-20(32-2)9-6-17/h3-6,8-11,14,18,23,29H,7,12-13,15H2,1-2H3/b26-19+/t18-,23-,25+/m1/s1. The summed E-state index contributed by atoms with van der Waals surface area (Å²) in [5.74, 6) is 0.237. The van der Waals surface area contributed by atoms with Crippen LogP contribution in [-0.2, 0) is 21.4 Å². The van der Waals surface area contributed by atoms with Crippen molar-refractivity contribution in [3.8, 4) is 5.75 Å². The number of likely N-dealkylation sites (tertiary alicyclic amines) is 1. The Morgan fingerprint density at radius 2 is 1.82 bits per heavy atom. The summed E-state index contributed by atoms with van der Waals surface area (Å²) < 4.78 is 34.9. The fraction of sp³-hybridized carbons (Fsp3) is 0.360. The van der Waals surface area contributed by atoms with Gasteiger partial charge in [0.1, 0.15) is 11.4 Å². The average Bonchev–Trinajstić information content (AvgIpc) is 3.23. The van der Waals surface area contributed by atoms with Crippen molar-refractivity contribution in [1.29, 1.82) is 0 Å². The summed E-state index contributed by atoms with van der Waals surface area (Å²) in [7, 11) is -2.30. The number of carbonyl (C=O) groups is 1. The molecule has 2 aromatic rings. The molecule has 2 aliphatic carbocycles. The lowest BCUT2D eigenvalue weighted by atomic mass is 9.76. The van der Waals surface area contributed by atoms with Gasteiger partial charge in [0.25, 0.3) is 15.9 Å². The molecule has 7 nitrogen and oxygen atoms in total. The SMILES string of the molecule is COc1ccc(CN2C(=O)C3=C/C(=N/S(=O)(=O)c4ccc(C)cc4)C[C@H]4CC[C@@H]2[C@@]34O)cc1. The zero-order chi connectivity index (χ0) is 23.4. The van der Waals surface area contributed by atoms with Crippen LogP contribution in [0.3, 0.4) is 0 Å². The molecule has 1 N–H and O–H groups in total. The summed E-state index contributed by atoms with van der Waals surface area (Å²) in [5.41, 5.74) is 1.20. The highest BCUT2D eigenvalue weighted by Crippen LogP contribution is 2.53. The molecule has 1 aliphatic heterocycles. The number of aliphatic hydroxyl groups is 1. The molecule has 2 fully saturated rings. The molecular weight excluding hydrogens is 440 g/mol. The van der Waals surface area contributed by atoms with Crippen molar-refractivity contribution in [3.63, 3.8) is 0 Å². The number of amides is 1. The van der Waals surface area contributed by atoms with Crippen molar-refractivity contribution in [3.05, 3.63) is 71.3 Å². The van der Waals surface area contributed by atoms with E-state index in [9.17, 15) is 18.3 Å². The van der Waals surface area contributed by atoms with E-state index in [-0.39, 0.29) is 28.3 Å². The highest BCUT2D eigenvalue weighted by atomic mass is 32.2. The van der Waals surface area contributed by atoms with Crippen LogP contribution in [0.5, 0.6) is 5.75 Å². The Labute approximate surface area is 193 Å². The number of sulfonamides is 1. The van der Waals surface area contributed by atoms with Crippen LogP contribution in [0.2, 0.25) is 0 Å². The van der Waals surface area contributed by atoms with Crippen LogP contribution in [0.1, 0.15) is 30.4 Å². The number of hydrogen-bond donors (Lipinski definition) is 1. The number of hydrogen-bond acceptors (Lipinski definition) is 5. The maximum absolute atomic E-state index is 13.3. The first-order valence-corrected chi connectivity index (χ1v) is 12.5. The monoisotopic (exact) mass is 466 g/mol. The highest BCUT2D eigenvalue weighted by Gasteiger charge is 2.63. The molecule has 8 heteroatoms. The van der Waals surface area contributed by atoms with Crippen molar-refractivity contribution in [2.75, 3.05) is 7.11 Å². The van der Waals surface area contributed by atoms with Crippen molar-refractivity contribution in [2.24, 2.45) is 10.3 Å². The number of carbonyl (C=O) groups excluding carboxylic acids is 1. The molecule has 1 saturated heterocycles. The number of methoxy groups -OCH3 is 1. The molecule has 2 aromatic carbocycles. The zero-order valence-corrected chi connectivity index (χ0v) is 19.4. The smallest absolute Gasteiger partial charge is 0.282 e. The van der Waals surface area contributed by atoms with Crippen LogP contribution in [0.4, 0.5) is 0 Å². The van der Waals surface area contributed by atoms with Crippen molar-refractivity contribution in [2.45, 2.75) is 49.3 Å². The first kappa shape index (κ1) is 21.9. The molecule has 1 saturated carbocycles. The molecule has 0 unspecified atom stereocenters. The molecule has 33 heavy (non-hydrogen) atoms. The summed E-state index contributed by atoms with van der Waals surface area (Å²) in [6.45, 7) is 2.25. The minimum absolute atomic E-state index is 0.114. The molecule has 0 spiro atoms. The largest absolute Gasteiger partial charge is 0.497 e. The minimum Gasteiger partial charge on any atom is -0.497 e. The Balaban J connectivity index is 1.48. The topological polar surface area (TPSA) is 96.3 Å². The molecule has 1 heterocycles. The summed E-state index contributed by atoms with van der Waals surface area (Å²) in [6, 6.07) is 13.7. The predicted octanol–water partition coefficient (Wildman–Crippen LogP) is 3.02. The third-order valence-electron chi connectivity index (χ3n) is 7.05. The number of benzene rings is 2. The van der Waals surface area contributed by atoms with E-state index in [0.717, 1.165) is 16.9 Å². The Bertz CT molecular complexity index is 1260. The maximum Gasteiger partial charge on any atom is 0.282 e. The van der Waals surface area contributed by atoms with Crippen LogP contribution in [-0.4, -0.2) is 48.8 Å². The Kier molecular flexibility index (Phi) is 5.17. The van der Waals surface area contributed by atoms with E-state index >= 15 is 0 Å². The van der Waals surface area contributed by atoms with E-state index in [1.165, 1.54) is 18.2 Å². The summed E-state index contributed by atoms with van der Waals surface area (Å²) in [4.78, 5) is 15.2. The van der Waals surface area contributed by atoms with Gasteiger partial charge in [-0.1, -0.05) is 29.8 Å². The fourth-order valence-electron chi connectivity index (χ4n) is 5.34. The lowest BCUT2D eigenvalue weighted by molar-refractivity contribution is -0.127. The second-order valence-corrected chi connectivity index (χ2v) is 10.6. The molecular formula is C25H26N2O5S. The second kappa shape index (κ2) is 7.81. The Morgan fingerprint density at radius 3 is 2.48 bits per heavy atom. The molecule has 3 aliphatic rings. The van der Waals surface area contributed by atoms with Crippen LogP contribution in [0.15, 0.2) is 69.5 Å². The van der Waals surface area contributed by atoms with Gasteiger partial charge in [-0.15, -0.1) is 0 Å². The lowest BCUT2D eigenvalue weighted by Crippen LogP contribution is -2.46. The number of rotatable bonds is 5. The number of allylic oxidation sites excluding steroid dienone is 1. The van der Waals surface area contributed by atoms with Crippen molar-refractivity contribution >= 4 is 21.6 Å². The third-order valence-corrected chi connectivity index (χ3v) is 8.40. The van der Waals surface area contributed by atoms with Gasteiger partial charge in [-0.3, -0.25) is 4.79 Å². The molecule has 5 rings (SSSR count). The fourth-order valence-corrected chi connectivity index (χ4v) is 6.36. The summed E-state index contributed by atoms with van der Waals surface area (Å²) >= 11 is 0. The van der Waals surface area contributed by atoms with Gasteiger partial charge < -0.3 is 14.7 Å². The first-order valence-electron chi connectivity index (χ1n) is 11.0. The summed E-state index contributed by atoms with van der Waals surface area (Å²) in [5, 5.41) is 11.6. The van der Waals surface area contributed by atoms with Gasteiger partial charge in [0.2, 0.25) is 0 Å². The van der Waals surface area contributed by atoms with E-state index in [1.807, 2.05) is 31.2 Å². The van der Waals surface area contributed by atoms with Crippen molar-refractivity contribution < 1.29 is 23.1 Å². The van der Waals surface area contributed by atoms with Gasteiger partial charge >= 0.3 is 0 Å². The van der Waals surface area contributed by atoms with E-state index in [2.05, 4.69) is 4.40 Å². The number of nitrogens with zero attached hydrogens (tertiary/aromatic N) is 2. The van der Waals surface area contributed by atoms with Crippen molar-refractivity contribution in [1.82, 2.24) is 4.90 Å². The van der Waals surface area contributed by atoms with Gasteiger partial charge in [0, 0.05) is 6.54 Å². The van der Waals surface area contributed by atoms with Crippen LogP contribution in [0.25, 0.3) is 0 Å². The number of ether oxygens (including phenoxy) is 1. The summed E-state index contributed by atoms with van der Waals surface area (Å²) in [6.07, 6.45) is 3.19. The van der Waals surface area contributed by atoms with Crippen LogP contribution in [0, 0.1) is 12.8 Å². The average molecular weight is 467 g/mol. The van der Waals surface area contributed by atoms with Gasteiger partial charge in [-0.2, -0.15) is 12.8 Å². The predicted molar refractivity (Wildman–Crippen MR) is 124 cm³/mol. The van der Waals surface area contributed by atoms with E-state index in [1.54, 1.807) is 24.1 Å². The lowest BCUT2D eigenvalue weighted by Gasteiger charge is -2.34. The Morgan fingerprint density at radius 1 is 1.12 bits per heavy atom. The van der Waals surface area contributed by atoms with Gasteiger partial charge in [-0.25, -0.2) is 0 Å². The van der Waals surface area contributed by atoms with Gasteiger partial charge in [0.15, 0.2) is 0 Å². The molecule has 1 amide bonds. The van der Waals surface area contributed by atoms with Gasteiger partial charge in [0.05, 0.1) is 29.3 Å². The molecule has 0 bridgehead atoms. The zero-order valence-electron chi connectivity index (χ0n) is 18.6. The molecule has 3 atom stereocenters.